The van der Waals surface area contributed by atoms with Crippen LogP contribution in [0.5, 0.6) is 11.5 Å². The Balaban J connectivity index is 0.00000144. The Labute approximate surface area is 124 Å². The molecule has 1 aliphatic heterocycles. The van der Waals surface area contributed by atoms with Crippen LogP contribution in [0.4, 0.5) is 0 Å². The standard InChI is InChI=1S/C10H9NO4S.Na.H/c12-5-1-2-6(8(13)3-5)9-11-7(4-16-9)10(14)15;;/h1-3,7,12-13H,4H2,(H,14,15);;. The van der Waals surface area contributed by atoms with Crippen molar-refractivity contribution in [1.82, 2.24) is 0 Å². The number of nitrogens with zero attached hydrogens (tertiary/aromatic N) is 1. The van der Waals surface area contributed by atoms with Crippen LogP contribution >= 0.6 is 11.8 Å². The maximum atomic E-state index is 10.7. The molecule has 0 bridgehead atoms. The predicted molar refractivity (Wildman–Crippen MR) is 67.3 cm³/mol. The molecule has 0 saturated heterocycles. The van der Waals surface area contributed by atoms with Crippen LogP contribution in [0.1, 0.15) is 5.56 Å². The zero-order chi connectivity index (χ0) is 11.7. The number of carboxylic acids is 1. The van der Waals surface area contributed by atoms with Gasteiger partial charge in [-0.25, -0.2) is 4.79 Å². The Hall–Kier alpha value is -0.690. The summed E-state index contributed by atoms with van der Waals surface area (Å²) >= 11 is 1.28. The van der Waals surface area contributed by atoms with E-state index < -0.39 is 12.0 Å². The van der Waals surface area contributed by atoms with Crippen molar-refractivity contribution in [3.05, 3.63) is 23.8 Å². The number of aliphatic carboxylic acids is 1. The van der Waals surface area contributed by atoms with Gasteiger partial charge in [-0.3, -0.25) is 4.99 Å². The summed E-state index contributed by atoms with van der Waals surface area (Å²) in [7, 11) is 0. The summed E-state index contributed by atoms with van der Waals surface area (Å²) in [6.07, 6.45) is 0. The molecule has 1 aromatic carbocycles. The molecule has 7 heteroatoms. The first kappa shape index (κ1) is 14.4. The number of benzene rings is 1. The minimum absolute atomic E-state index is 0. The van der Waals surface area contributed by atoms with Gasteiger partial charge in [-0.1, -0.05) is 0 Å². The molecule has 1 aliphatic rings. The topological polar surface area (TPSA) is 90.1 Å². The molecule has 1 heterocycles. The fraction of sp³-hybridized carbons (Fsp3) is 0.200. The Kier molecular flexibility index (Phi) is 4.88. The Morgan fingerprint density at radius 3 is 2.65 bits per heavy atom. The van der Waals surface area contributed by atoms with Gasteiger partial charge >= 0.3 is 35.5 Å². The maximum absolute atomic E-state index is 10.7. The first-order valence-electron chi connectivity index (χ1n) is 4.53. The first-order valence-corrected chi connectivity index (χ1v) is 5.52. The number of phenols is 2. The average molecular weight is 263 g/mol. The summed E-state index contributed by atoms with van der Waals surface area (Å²) in [6, 6.07) is 3.38. The number of phenolic OH excluding ortho intramolecular Hbond substituents is 2. The third-order valence-electron chi connectivity index (χ3n) is 2.15. The van der Waals surface area contributed by atoms with Gasteiger partial charge in [0.2, 0.25) is 0 Å². The van der Waals surface area contributed by atoms with Crippen molar-refractivity contribution >= 4 is 52.3 Å². The molecule has 3 N–H and O–H groups in total. The summed E-state index contributed by atoms with van der Waals surface area (Å²) in [4.78, 5) is 14.7. The molecule has 1 aromatic rings. The van der Waals surface area contributed by atoms with Crippen LogP contribution in [0.2, 0.25) is 0 Å². The number of carbonyl (C=O) groups is 1. The molecule has 0 radical (unpaired) electrons. The minimum atomic E-state index is -0.972. The molecule has 1 atom stereocenters. The summed E-state index contributed by atoms with van der Waals surface area (Å²) < 4.78 is 0. The molecule has 2 rings (SSSR count). The molecular weight excluding hydrogens is 253 g/mol. The van der Waals surface area contributed by atoms with Gasteiger partial charge in [0.05, 0.1) is 0 Å². The monoisotopic (exact) mass is 263 g/mol. The number of aliphatic imine (C=N–C) groups is 1. The van der Waals surface area contributed by atoms with Gasteiger partial charge in [-0.15, -0.1) is 11.8 Å². The van der Waals surface area contributed by atoms with Crippen molar-refractivity contribution in [3.63, 3.8) is 0 Å². The van der Waals surface area contributed by atoms with Gasteiger partial charge in [0.25, 0.3) is 0 Å². The number of rotatable bonds is 2. The van der Waals surface area contributed by atoms with Crippen molar-refractivity contribution in [1.29, 1.82) is 0 Å². The third kappa shape index (κ3) is 3.16. The predicted octanol–water partition coefficient (Wildman–Crippen LogP) is 0.396. The molecule has 0 amide bonds. The van der Waals surface area contributed by atoms with E-state index in [0.29, 0.717) is 16.4 Å². The second kappa shape index (κ2) is 5.77. The van der Waals surface area contributed by atoms with E-state index in [9.17, 15) is 9.90 Å². The number of hydrogen-bond donors (Lipinski definition) is 3. The molecular formula is C10H10NNaO4S. The van der Waals surface area contributed by atoms with Crippen LogP contribution in [0.3, 0.4) is 0 Å². The van der Waals surface area contributed by atoms with E-state index in [2.05, 4.69) is 4.99 Å². The van der Waals surface area contributed by atoms with Gasteiger partial charge in [-0.2, -0.15) is 0 Å². The van der Waals surface area contributed by atoms with E-state index in [1.807, 2.05) is 0 Å². The number of hydrogen-bond acceptors (Lipinski definition) is 5. The van der Waals surface area contributed by atoms with Crippen molar-refractivity contribution in [2.24, 2.45) is 4.99 Å². The van der Waals surface area contributed by atoms with Gasteiger partial charge in [0.1, 0.15) is 16.5 Å². The average Bonchev–Trinajstić information content (AvgIpc) is 2.66. The summed E-state index contributed by atoms with van der Waals surface area (Å²) in [5.74, 6) is -0.747. The molecule has 0 aliphatic carbocycles. The summed E-state index contributed by atoms with van der Waals surface area (Å²) in [6.45, 7) is 0. The Morgan fingerprint density at radius 2 is 2.12 bits per heavy atom. The van der Waals surface area contributed by atoms with Crippen LogP contribution in [0, 0.1) is 0 Å². The van der Waals surface area contributed by atoms with Gasteiger partial charge in [0, 0.05) is 17.4 Å². The molecule has 0 saturated carbocycles. The SMILES string of the molecule is O=C(O)C1CSC(c2ccc(O)cc2O)=N1.[NaH]. The van der Waals surface area contributed by atoms with Crippen molar-refractivity contribution in [3.8, 4) is 11.5 Å². The van der Waals surface area contributed by atoms with E-state index in [0.717, 1.165) is 0 Å². The quantitative estimate of drug-likeness (QED) is 0.672. The summed E-state index contributed by atoms with van der Waals surface area (Å²) in [5.41, 5.74) is 0.451. The molecule has 86 valence electrons. The van der Waals surface area contributed by atoms with E-state index in [1.54, 1.807) is 0 Å². The van der Waals surface area contributed by atoms with Crippen LogP contribution in [0.15, 0.2) is 23.2 Å². The molecule has 0 aromatic heterocycles. The molecule has 0 spiro atoms. The van der Waals surface area contributed by atoms with Crippen LogP contribution in [0.25, 0.3) is 0 Å². The van der Waals surface area contributed by atoms with E-state index in [-0.39, 0.29) is 41.1 Å². The van der Waals surface area contributed by atoms with E-state index >= 15 is 0 Å². The molecule has 5 nitrogen and oxygen atoms in total. The van der Waals surface area contributed by atoms with Crippen molar-refractivity contribution in [2.45, 2.75) is 6.04 Å². The van der Waals surface area contributed by atoms with Crippen LogP contribution in [-0.4, -0.2) is 67.7 Å². The first-order chi connectivity index (χ1) is 7.58. The van der Waals surface area contributed by atoms with Crippen molar-refractivity contribution in [2.75, 3.05) is 5.75 Å². The van der Waals surface area contributed by atoms with Gasteiger partial charge < -0.3 is 15.3 Å². The Bertz CT molecular complexity index is 477. The van der Waals surface area contributed by atoms with Crippen molar-refractivity contribution < 1.29 is 20.1 Å². The third-order valence-corrected chi connectivity index (χ3v) is 3.23. The zero-order valence-electron chi connectivity index (χ0n) is 8.12. The van der Waals surface area contributed by atoms with Crippen LogP contribution < -0.4 is 0 Å². The molecule has 0 fully saturated rings. The molecule has 1 unspecified atom stereocenters. The van der Waals surface area contributed by atoms with Gasteiger partial charge in [0.15, 0.2) is 6.04 Å². The van der Waals surface area contributed by atoms with Gasteiger partial charge in [-0.05, 0) is 12.1 Å². The normalized spacial score (nSPS) is 18.4. The number of aromatic hydroxyl groups is 2. The fourth-order valence-corrected chi connectivity index (χ4v) is 2.41. The zero-order valence-corrected chi connectivity index (χ0v) is 8.94. The van der Waals surface area contributed by atoms with E-state index in [4.69, 9.17) is 10.2 Å². The Morgan fingerprint density at radius 1 is 1.41 bits per heavy atom. The van der Waals surface area contributed by atoms with Crippen LogP contribution in [-0.2, 0) is 4.79 Å². The number of carboxylic acid groups (broad SMARTS) is 1. The van der Waals surface area contributed by atoms with E-state index in [1.165, 1.54) is 30.0 Å². The fourth-order valence-electron chi connectivity index (χ4n) is 1.35. The second-order valence-electron chi connectivity index (χ2n) is 3.30. The number of thioether (sulfide) groups is 1. The molecule has 17 heavy (non-hydrogen) atoms. The second-order valence-corrected chi connectivity index (χ2v) is 4.31. The summed E-state index contributed by atoms with van der Waals surface area (Å²) in [5, 5.41) is 28.0.